The second kappa shape index (κ2) is 5.51. The molecular weight excluding hydrogens is 242 g/mol. The Morgan fingerprint density at radius 2 is 2.41 bits per heavy atom. The molecule has 0 atom stereocenters. The quantitative estimate of drug-likeness (QED) is 0.836. The molecule has 1 N–H and O–H groups in total. The lowest BCUT2D eigenvalue weighted by molar-refractivity contribution is 0.182. The van der Waals surface area contributed by atoms with E-state index in [1.807, 2.05) is 0 Å². The molecule has 0 unspecified atom stereocenters. The Morgan fingerprint density at radius 1 is 1.65 bits per heavy atom. The highest BCUT2D eigenvalue weighted by Crippen LogP contribution is 2.29. The van der Waals surface area contributed by atoms with Gasteiger partial charge in [-0.1, -0.05) is 11.6 Å². The maximum absolute atomic E-state index is 11.8. The first-order valence-corrected chi connectivity index (χ1v) is 6.08. The largest absolute Gasteiger partial charge is 0.383 e. The van der Waals surface area contributed by atoms with Crippen LogP contribution in [0.5, 0.6) is 0 Å². The highest BCUT2D eigenvalue weighted by molar-refractivity contribution is 6.32. The van der Waals surface area contributed by atoms with Gasteiger partial charge in [-0.25, -0.2) is 4.68 Å². The van der Waals surface area contributed by atoms with Crippen molar-refractivity contribution in [3.05, 3.63) is 21.6 Å². The third kappa shape index (κ3) is 3.20. The van der Waals surface area contributed by atoms with Crippen LogP contribution in [0.25, 0.3) is 0 Å². The number of rotatable bonds is 6. The number of nitrogens with one attached hydrogen (secondary N) is 1. The zero-order chi connectivity index (χ0) is 12.3. The van der Waals surface area contributed by atoms with Gasteiger partial charge in [0, 0.05) is 13.7 Å². The highest BCUT2D eigenvalue weighted by Gasteiger charge is 2.21. The molecule has 1 aromatic rings. The van der Waals surface area contributed by atoms with Gasteiger partial charge in [0.2, 0.25) is 0 Å². The topological polar surface area (TPSA) is 56.1 Å². The molecule has 1 aliphatic rings. The number of hydrogen-bond acceptors (Lipinski definition) is 4. The normalized spacial score (nSPS) is 14.9. The van der Waals surface area contributed by atoms with E-state index in [4.69, 9.17) is 16.3 Å². The van der Waals surface area contributed by atoms with Crippen molar-refractivity contribution in [2.45, 2.75) is 19.4 Å². The minimum Gasteiger partial charge on any atom is -0.383 e. The molecule has 1 fully saturated rings. The molecule has 0 bridgehead atoms. The van der Waals surface area contributed by atoms with E-state index in [-0.39, 0.29) is 10.6 Å². The zero-order valence-electron chi connectivity index (χ0n) is 9.78. The van der Waals surface area contributed by atoms with Crippen LogP contribution < -0.4 is 10.9 Å². The Balaban J connectivity index is 2.07. The van der Waals surface area contributed by atoms with Crippen molar-refractivity contribution in [1.29, 1.82) is 0 Å². The monoisotopic (exact) mass is 257 g/mol. The maximum Gasteiger partial charge on any atom is 0.287 e. The lowest BCUT2D eigenvalue weighted by Gasteiger charge is -2.09. The van der Waals surface area contributed by atoms with Crippen molar-refractivity contribution in [3.8, 4) is 0 Å². The van der Waals surface area contributed by atoms with Crippen LogP contribution in [0.15, 0.2) is 11.0 Å². The number of aromatic nitrogens is 2. The van der Waals surface area contributed by atoms with E-state index in [1.165, 1.54) is 17.5 Å². The third-order valence-corrected chi connectivity index (χ3v) is 3.14. The minimum absolute atomic E-state index is 0.205. The first kappa shape index (κ1) is 12.4. The van der Waals surface area contributed by atoms with Crippen LogP contribution in [0, 0.1) is 5.92 Å². The minimum atomic E-state index is -0.274. The Kier molecular flexibility index (Phi) is 4.02. The summed E-state index contributed by atoms with van der Waals surface area (Å²) < 4.78 is 6.21. The molecule has 0 spiro atoms. The fraction of sp³-hybridized carbons (Fsp3) is 0.636. The average molecular weight is 258 g/mol. The first-order valence-electron chi connectivity index (χ1n) is 5.71. The second-order valence-electron chi connectivity index (χ2n) is 4.22. The number of methoxy groups -OCH3 is 1. The SMILES string of the molecule is COCCn1ncc(NCC2CC2)c(Cl)c1=O. The molecule has 17 heavy (non-hydrogen) atoms. The number of anilines is 1. The van der Waals surface area contributed by atoms with Gasteiger partial charge in [-0.05, 0) is 18.8 Å². The molecule has 2 rings (SSSR count). The fourth-order valence-corrected chi connectivity index (χ4v) is 1.71. The summed E-state index contributed by atoms with van der Waals surface area (Å²) in [4.78, 5) is 11.8. The molecular formula is C11H16ClN3O2. The summed E-state index contributed by atoms with van der Waals surface area (Å²) in [5.74, 6) is 0.724. The number of nitrogens with zero attached hydrogens (tertiary/aromatic N) is 2. The van der Waals surface area contributed by atoms with Crippen molar-refractivity contribution in [3.63, 3.8) is 0 Å². The zero-order valence-corrected chi connectivity index (χ0v) is 10.5. The summed E-state index contributed by atoms with van der Waals surface area (Å²) in [6, 6.07) is 0. The van der Waals surface area contributed by atoms with Crippen LogP contribution in [0.3, 0.4) is 0 Å². The van der Waals surface area contributed by atoms with Crippen LogP contribution in [-0.4, -0.2) is 30.0 Å². The summed E-state index contributed by atoms with van der Waals surface area (Å²) in [5, 5.41) is 7.42. The predicted octanol–water partition coefficient (Wildman–Crippen LogP) is 1.36. The van der Waals surface area contributed by atoms with Crippen molar-refractivity contribution in [2.75, 3.05) is 25.6 Å². The highest BCUT2D eigenvalue weighted by atomic mass is 35.5. The van der Waals surface area contributed by atoms with Crippen molar-refractivity contribution in [1.82, 2.24) is 9.78 Å². The predicted molar refractivity (Wildman–Crippen MR) is 66.6 cm³/mol. The molecule has 1 saturated carbocycles. The van der Waals surface area contributed by atoms with E-state index in [2.05, 4.69) is 10.4 Å². The standard InChI is InChI=1S/C11H16ClN3O2/c1-17-5-4-15-11(16)10(12)9(7-14-15)13-6-8-2-3-8/h7-8,13H,2-6H2,1H3. The summed E-state index contributed by atoms with van der Waals surface area (Å²) in [5.41, 5.74) is 0.349. The molecule has 1 aromatic heterocycles. The van der Waals surface area contributed by atoms with Gasteiger partial charge in [-0.3, -0.25) is 4.79 Å². The molecule has 0 amide bonds. The van der Waals surface area contributed by atoms with Gasteiger partial charge in [0.1, 0.15) is 5.02 Å². The van der Waals surface area contributed by atoms with Crippen molar-refractivity contribution < 1.29 is 4.74 Å². The van der Waals surface area contributed by atoms with Crippen LogP contribution in [-0.2, 0) is 11.3 Å². The number of ether oxygens (including phenoxy) is 1. The second-order valence-corrected chi connectivity index (χ2v) is 4.60. The van der Waals surface area contributed by atoms with Gasteiger partial charge in [0.05, 0.1) is 25.0 Å². The van der Waals surface area contributed by atoms with E-state index in [0.29, 0.717) is 18.8 Å². The molecule has 5 nitrogen and oxygen atoms in total. The molecule has 1 heterocycles. The van der Waals surface area contributed by atoms with E-state index >= 15 is 0 Å². The van der Waals surface area contributed by atoms with E-state index < -0.39 is 0 Å². The molecule has 94 valence electrons. The van der Waals surface area contributed by atoms with Crippen LogP contribution in [0.4, 0.5) is 5.69 Å². The van der Waals surface area contributed by atoms with Gasteiger partial charge in [0.25, 0.3) is 5.56 Å². The Hall–Kier alpha value is -1.07. The van der Waals surface area contributed by atoms with Gasteiger partial charge < -0.3 is 10.1 Å². The fourth-order valence-electron chi connectivity index (χ4n) is 1.50. The van der Waals surface area contributed by atoms with Gasteiger partial charge in [-0.15, -0.1) is 0 Å². The molecule has 0 saturated heterocycles. The smallest absolute Gasteiger partial charge is 0.287 e. The van der Waals surface area contributed by atoms with Crippen molar-refractivity contribution in [2.24, 2.45) is 5.92 Å². The van der Waals surface area contributed by atoms with E-state index in [0.717, 1.165) is 12.5 Å². The van der Waals surface area contributed by atoms with Crippen LogP contribution in [0.1, 0.15) is 12.8 Å². The summed E-state index contributed by atoms with van der Waals surface area (Å²) in [7, 11) is 1.58. The molecule has 0 aromatic carbocycles. The lowest BCUT2D eigenvalue weighted by Crippen LogP contribution is -2.26. The molecule has 1 aliphatic carbocycles. The summed E-state index contributed by atoms with van der Waals surface area (Å²) in [6.45, 7) is 1.72. The van der Waals surface area contributed by atoms with Gasteiger partial charge in [0.15, 0.2) is 0 Å². The first-order chi connectivity index (χ1) is 8.22. The van der Waals surface area contributed by atoms with Gasteiger partial charge >= 0.3 is 0 Å². The van der Waals surface area contributed by atoms with Crippen LogP contribution >= 0.6 is 11.6 Å². The summed E-state index contributed by atoms with van der Waals surface area (Å²) >= 11 is 6.00. The molecule has 0 radical (unpaired) electrons. The number of halogens is 1. The van der Waals surface area contributed by atoms with E-state index in [1.54, 1.807) is 13.3 Å². The third-order valence-electron chi connectivity index (χ3n) is 2.77. The average Bonchev–Trinajstić information content (AvgIpc) is 3.14. The lowest BCUT2D eigenvalue weighted by atomic mass is 10.4. The Morgan fingerprint density at radius 3 is 3.06 bits per heavy atom. The van der Waals surface area contributed by atoms with E-state index in [9.17, 15) is 4.79 Å². The van der Waals surface area contributed by atoms with Crippen molar-refractivity contribution >= 4 is 17.3 Å². The number of hydrogen-bond donors (Lipinski definition) is 1. The Bertz CT molecular complexity index is 443. The summed E-state index contributed by atoms with van der Waals surface area (Å²) in [6.07, 6.45) is 4.10. The Labute approximate surface area is 105 Å². The molecule has 6 heteroatoms. The van der Waals surface area contributed by atoms with Crippen LogP contribution in [0.2, 0.25) is 5.02 Å². The molecule has 0 aliphatic heterocycles. The van der Waals surface area contributed by atoms with Gasteiger partial charge in [-0.2, -0.15) is 5.10 Å². The maximum atomic E-state index is 11.8.